The first-order valence-electron chi connectivity index (χ1n) is 9.92. The first kappa shape index (κ1) is 18.7. The highest BCUT2D eigenvalue weighted by Gasteiger charge is 2.34. The minimum atomic E-state index is -0.0441. The van der Waals surface area contributed by atoms with E-state index in [4.69, 9.17) is 5.10 Å². The largest absolute Gasteiger partial charge is 0.310 e. The Morgan fingerprint density at radius 1 is 0.933 bits per heavy atom. The van der Waals surface area contributed by atoms with Crippen molar-refractivity contribution in [3.63, 3.8) is 0 Å². The van der Waals surface area contributed by atoms with Crippen LogP contribution in [0.15, 0.2) is 89.8 Å². The normalized spacial score (nSPS) is 15.5. The third-order valence-electron chi connectivity index (χ3n) is 5.48. The molecule has 0 bridgehead atoms. The monoisotopic (exact) mass is 411 g/mol. The highest BCUT2D eigenvalue weighted by Crippen LogP contribution is 2.44. The van der Waals surface area contributed by atoms with Gasteiger partial charge in [0.2, 0.25) is 5.91 Å². The van der Waals surface area contributed by atoms with E-state index in [9.17, 15) is 4.79 Å². The van der Waals surface area contributed by atoms with Gasteiger partial charge in [-0.25, -0.2) is 4.68 Å². The Hall–Kier alpha value is -3.31. The molecule has 0 saturated carbocycles. The minimum Gasteiger partial charge on any atom is -0.310 e. The SMILES string of the molecule is CSc1ccc(C2CC(=O)Nc3c2c(-c2ccccc2)nn3-c2ccccc2)cc1. The Morgan fingerprint density at radius 2 is 1.60 bits per heavy atom. The lowest BCUT2D eigenvalue weighted by molar-refractivity contribution is -0.116. The zero-order chi connectivity index (χ0) is 20.5. The second-order valence-electron chi connectivity index (χ2n) is 7.30. The van der Waals surface area contributed by atoms with Crippen LogP contribution in [0.4, 0.5) is 5.82 Å². The zero-order valence-corrected chi connectivity index (χ0v) is 17.4. The number of carbonyl (C=O) groups excluding carboxylic acids is 1. The van der Waals surface area contributed by atoms with E-state index in [1.165, 1.54) is 4.90 Å². The number of nitrogens with one attached hydrogen (secondary N) is 1. The van der Waals surface area contributed by atoms with E-state index in [0.29, 0.717) is 6.42 Å². The molecule has 5 heteroatoms. The molecular weight excluding hydrogens is 390 g/mol. The molecule has 1 aliphatic rings. The molecule has 4 aromatic rings. The van der Waals surface area contributed by atoms with Gasteiger partial charge < -0.3 is 5.32 Å². The molecule has 0 aliphatic carbocycles. The third kappa shape index (κ3) is 3.31. The van der Waals surface area contributed by atoms with E-state index >= 15 is 0 Å². The minimum absolute atomic E-state index is 0.0122. The molecule has 2 heterocycles. The van der Waals surface area contributed by atoms with Crippen molar-refractivity contribution in [3.05, 3.63) is 96.1 Å². The van der Waals surface area contributed by atoms with Crippen LogP contribution in [0.5, 0.6) is 0 Å². The van der Waals surface area contributed by atoms with Gasteiger partial charge in [-0.05, 0) is 36.1 Å². The summed E-state index contributed by atoms with van der Waals surface area (Å²) in [5, 5.41) is 8.07. The summed E-state index contributed by atoms with van der Waals surface area (Å²) in [5.41, 5.74) is 5.09. The van der Waals surface area contributed by atoms with Gasteiger partial charge in [-0.3, -0.25) is 4.79 Å². The van der Waals surface area contributed by atoms with Gasteiger partial charge >= 0.3 is 0 Å². The second kappa shape index (κ2) is 7.84. The van der Waals surface area contributed by atoms with Crippen molar-refractivity contribution in [1.29, 1.82) is 0 Å². The summed E-state index contributed by atoms with van der Waals surface area (Å²) in [6.07, 6.45) is 2.48. The summed E-state index contributed by atoms with van der Waals surface area (Å²) in [7, 11) is 0. The van der Waals surface area contributed by atoms with Gasteiger partial charge in [-0.1, -0.05) is 60.7 Å². The molecule has 1 unspecified atom stereocenters. The number of para-hydroxylation sites is 1. The van der Waals surface area contributed by atoms with Crippen molar-refractivity contribution in [2.24, 2.45) is 0 Å². The maximum Gasteiger partial charge on any atom is 0.226 e. The summed E-state index contributed by atoms with van der Waals surface area (Å²) < 4.78 is 1.86. The molecule has 30 heavy (non-hydrogen) atoms. The lowest BCUT2D eigenvalue weighted by Crippen LogP contribution is -2.24. The fourth-order valence-corrected chi connectivity index (χ4v) is 4.45. The quantitative estimate of drug-likeness (QED) is 0.436. The number of thioether (sulfide) groups is 1. The summed E-state index contributed by atoms with van der Waals surface area (Å²) in [4.78, 5) is 13.9. The first-order valence-corrected chi connectivity index (χ1v) is 11.1. The predicted octanol–water partition coefficient (Wildman–Crippen LogP) is 5.74. The number of nitrogens with zero attached hydrogens (tertiary/aromatic N) is 2. The number of amides is 1. The average Bonchev–Trinajstić information content (AvgIpc) is 3.19. The Balaban J connectivity index is 1.74. The fourth-order valence-electron chi connectivity index (χ4n) is 4.04. The number of aromatic nitrogens is 2. The van der Waals surface area contributed by atoms with Gasteiger partial charge in [0.15, 0.2) is 0 Å². The van der Waals surface area contributed by atoms with Crippen LogP contribution in [0.25, 0.3) is 16.9 Å². The van der Waals surface area contributed by atoms with Crippen molar-refractivity contribution in [3.8, 4) is 16.9 Å². The second-order valence-corrected chi connectivity index (χ2v) is 8.18. The molecular formula is C25H21N3OS. The van der Waals surface area contributed by atoms with Crippen LogP contribution in [0.2, 0.25) is 0 Å². The summed E-state index contributed by atoms with van der Waals surface area (Å²) >= 11 is 1.72. The van der Waals surface area contributed by atoms with Gasteiger partial charge in [0.25, 0.3) is 0 Å². The summed E-state index contributed by atoms with van der Waals surface area (Å²) in [6, 6.07) is 28.6. The van der Waals surface area contributed by atoms with E-state index in [2.05, 4.69) is 48.0 Å². The number of hydrogen-bond acceptors (Lipinski definition) is 3. The molecule has 1 aromatic heterocycles. The van der Waals surface area contributed by atoms with E-state index in [1.54, 1.807) is 11.8 Å². The summed E-state index contributed by atoms with van der Waals surface area (Å²) in [5.74, 6) is 0.728. The van der Waals surface area contributed by atoms with Gasteiger partial charge in [0.1, 0.15) is 5.82 Å². The summed E-state index contributed by atoms with van der Waals surface area (Å²) in [6.45, 7) is 0. The van der Waals surface area contributed by atoms with Crippen LogP contribution in [-0.2, 0) is 4.79 Å². The van der Waals surface area contributed by atoms with Gasteiger partial charge in [-0.2, -0.15) is 5.10 Å². The van der Waals surface area contributed by atoms with Gasteiger partial charge in [0.05, 0.1) is 11.4 Å². The lowest BCUT2D eigenvalue weighted by Gasteiger charge is -2.25. The Kier molecular flexibility index (Phi) is 4.89. The van der Waals surface area contributed by atoms with Crippen LogP contribution in [0.1, 0.15) is 23.5 Å². The number of fused-ring (bicyclic) bond motifs is 1. The molecule has 0 saturated heterocycles. The maximum absolute atomic E-state index is 12.7. The molecule has 5 rings (SSSR count). The number of carbonyl (C=O) groups is 1. The van der Waals surface area contributed by atoms with Crippen molar-refractivity contribution in [2.75, 3.05) is 11.6 Å². The van der Waals surface area contributed by atoms with Crippen molar-refractivity contribution in [1.82, 2.24) is 9.78 Å². The number of hydrogen-bond donors (Lipinski definition) is 1. The van der Waals surface area contributed by atoms with E-state index < -0.39 is 0 Å². The van der Waals surface area contributed by atoms with Crippen LogP contribution in [-0.4, -0.2) is 21.9 Å². The smallest absolute Gasteiger partial charge is 0.226 e. The van der Waals surface area contributed by atoms with Crippen molar-refractivity contribution >= 4 is 23.5 Å². The standard InChI is InChI=1S/C25H21N3OS/c1-30-20-14-12-17(13-15-20)21-16-22(29)26-25-23(21)24(18-8-4-2-5-9-18)27-28(25)19-10-6-3-7-11-19/h2-15,21H,16H2,1H3,(H,26,29). The molecule has 1 N–H and O–H groups in total. The van der Waals surface area contributed by atoms with Crippen LogP contribution in [0, 0.1) is 0 Å². The predicted molar refractivity (Wildman–Crippen MR) is 122 cm³/mol. The Labute approximate surface area is 179 Å². The zero-order valence-electron chi connectivity index (χ0n) is 16.6. The van der Waals surface area contributed by atoms with E-state index in [0.717, 1.165) is 33.9 Å². The molecule has 4 nitrogen and oxygen atoms in total. The van der Waals surface area contributed by atoms with Crippen LogP contribution < -0.4 is 5.32 Å². The third-order valence-corrected chi connectivity index (χ3v) is 6.23. The maximum atomic E-state index is 12.7. The molecule has 1 aliphatic heterocycles. The fraction of sp³-hybridized carbons (Fsp3) is 0.120. The van der Waals surface area contributed by atoms with Crippen LogP contribution >= 0.6 is 11.8 Å². The highest BCUT2D eigenvalue weighted by atomic mass is 32.2. The van der Waals surface area contributed by atoms with E-state index in [-0.39, 0.29) is 11.8 Å². The van der Waals surface area contributed by atoms with Crippen molar-refractivity contribution in [2.45, 2.75) is 17.2 Å². The molecule has 0 fully saturated rings. The van der Waals surface area contributed by atoms with E-state index in [1.807, 2.05) is 53.2 Å². The molecule has 148 valence electrons. The molecule has 1 atom stereocenters. The molecule has 0 radical (unpaired) electrons. The number of benzene rings is 3. The molecule has 0 spiro atoms. The number of anilines is 1. The average molecular weight is 412 g/mol. The first-order chi connectivity index (χ1) is 14.7. The molecule has 3 aromatic carbocycles. The van der Waals surface area contributed by atoms with Gasteiger partial charge in [0, 0.05) is 28.4 Å². The highest BCUT2D eigenvalue weighted by molar-refractivity contribution is 7.98. The topological polar surface area (TPSA) is 46.9 Å². The Bertz CT molecular complexity index is 1180. The molecule has 1 amide bonds. The Morgan fingerprint density at radius 3 is 2.27 bits per heavy atom. The van der Waals surface area contributed by atoms with Crippen LogP contribution in [0.3, 0.4) is 0 Å². The van der Waals surface area contributed by atoms with Crippen molar-refractivity contribution < 1.29 is 4.79 Å². The lowest BCUT2D eigenvalue weighted by atomic mass is 9.84. The number of rotatable bonds is 4. The van der Waals surface area contributed by atoms with Gasteiger partial charge in [-0.15, -0.1) is 11.8 Å².